The van der Waals surface area contributed by atoms with E-state index >= 15 is 0 Å². The third-order valence-corrected chi connectivity index (χ3v) is 4.38. The van der Waals surface area contributed by atoms with Gasteiger partial charge in [0.15, 0.2) is 0 Å². The summed E-state index contributed by atoms with van der Waals surface area (Å²) in [5, 5.41) is 3.34. The maximum Gasteiger partial charge on any atom is 0.231 e. The lowest BCUT2D eigenvalue weighted by molar-refractivity contribution is -0.149. The second-order valence-electron chi connectivity index (χ2n) is 5.96. The second-order valence-corrected chi connectivity index (χ2v) is 5.96. The van der Waals surface area contributed by atoms with Crippen LogP contribution in [0.1, 0.15) is 32.6 Å². The Morgan fingerprint density at radius 3 is 2.68 bits per heavy atom. The number of nitrogens with one attached hydrogen (secondary N) is 1. The molecule has 0 spiro atoms. The molecule has 0 aliphatic carbocycles. The van der Waals surface area contributed by atoms with Gasteiger partial charge in [-0.25, -0.2) is 0 Å². The molecule has 1 amide bonds. The van der Waals surface area contributed by atoms with Crippen LogP contribution in [0.15, 0.2) is 0 Å². The molecule has 19 heavy (non-hydrogen) atoms. The minimum atomic E-state index is -0.267. The molecule has 1 unspecified atom stereocenters. The van der Waals surface area contributed by atoms with Crippen molar-refractivity contribution in [3.05, 3.63) is 0 Å². The van der Waals surface area contributed by atoms with Crippen LogP contribution in [-0.2, 0) is 9.53 Å². The summed E-state index contributed by atoms with van der Waals surface area (Å²) in [6, 6.07) is 0. The van der Waals surface area contributed by atoms with Crippen molar-refractivity contribution in [3.63, 3.8) is 0 Å². The van der Waals surface area contributed by atoms with Crippen LogP contribution in [0.25, 0.3) is 0 Å². The maximum absolute atomic E-state index is 12.8. The Labute approximate surface area is 122 Å². The van der Waals surface area contributed by atoms with Gasteiger partial charge in [0.2, 0.25) is 5.91 Å². The fourth-order valence-electron chi connectivity index (χ4n) is 3.31. The van der Waals surface area contributed by atoms with Gasteiger partial charge in [0.25, 0.3) is 0 Å². The number of methoxy groups -OCH3 is 1. The zero-order valence-electron chi connectivity index (χ0n) is 12.1. The topological polar surface area (TPSA) is 41.6 Å². The zero-order valence-corrected chi connectivity index (χ0v) is 12.9. The summed E-state index contributed by atoms with van der Waals surface area (Å²) in [5.41, 5.74) is -0.267. The van der Waals surface area contributed by atoms with E-state index in [0.717, 1.165) is 45.4 Å². The molecule has 2 rings (SSSR count). The van der Waals surface area contributed by atoms with Gasteiger partial charge in [-0.05, 0) is 44.7 Å². The van der Waals surface area contributed by atoms with Crippen LogP contribution in [0, 0.1) is 11.3 Å². The number of halogens is 1. The van der Waals surface area contributed by atoms with Gasteiger partial charge in [0, 0.05) is 20.2 Å². The Bertz CT molecular complexity index is 288. The molecule has 0 aromatic heterocycles. The fraction of sp³-hybridized carbons (Fsp3) is 0.929. The zero-order chi connectivity index (χ0) is 13.0. The largest absolute Gasteiger partial charge is 0.384 e. The second kappa shape index (κ2) is 7.46. The quantitative estimate of drug-likeness (QED) is 0.860. The van der Waals surface area contributed by atoms with Crippen LogP contribution >= 0.6 is 12.4 Å². The van der Waals surface area contributed by atoms with Crippen LogP contribution in [-0.4, -0.2) is 50.7 Å². The molecule has 0 aromatic carbocycles. The molecule has 1 atom stereocenters. The normalized spacial score (nSPS) is 26.6. The molecule has 0 radical (unpaired) electrons. The van der Waals surface area contributed by atoms with Crippen molar-refractivity contribution in [2.24, 2.45) is 11.3 Å². The number of piperidine rings is 2. The van der Waals surface area contributed by atoms with Crippen molar-refractivity contribution in [1.82, 2.24) is 10.2 Å². The molecule has 2 aliphatic heterocycles. The highest BCUT2D eigenvalue weighted by molar-refractivity contribution is 5.85. The summed E-state index contributed by atoms with van der Waals surface area (Å²) >= 11 is 0. The molecule has 0 saturated carbocycles. The fourth-order valence-corrected chi connectivity index (χ4v) is 3.31. The van der Waals surface area contributed by atoms with Gasteiger partial charge in [-0.1, -0.05) is 6.92 Å². The number of ether oxygens (including phenoxy) is 1. The van der Waals surface area contributed by atoms with Gasteiger partial charge >= 0.3 is 0 Å². The molecule has 2 saturated heterocycles. The Hall–Kier alpha value is -0.320. The first-order valence-corrected chi connectivity index (χ1v) is 7.17. The first-order chi connectivity index (χ1) is 8.68. The summed E-state index contributed by atoms with van der Waals surface area (Å²) < 4.78 is 5.35. The molecule has 5 heteroatoms. The van der Waals surface area contributed by atoms with Crippen molar-refractivity contribution >= 4 is 18.3 Å². The molecule has 0 bridgehead atoms. The molecule has 112 valence electrons. The summed E-state index contributed by atoms with van der Waals surface area (Å²) in [4.78, 5) is 14.9. The Kier molecular flexibility index (Phi) is 6.57. The van der Waals surface area contributed by atoms with E-state index in [2.05, 4.69) is 17.1 Å². The smallest absolute Gasteiger partial charge is 0.231 e. The van der Waals surface area contributed by atoms with E-state index in [1.165, 1.54) is 6.42 Å². The summed E-state index contributed by atoms with van der Waals surface area (Å²) in [7, 11) is 1.70. The van der Waals surface area contributed by atoms with E-state index in [-0.39, 0.29) is 17.8 Å². The Morgan fingerprint density at radius 2 is 2.11 bits per heavy atom. The van der Waals surface area contributed by atoms with Crippen molar-refractivity contribution < 1.29 is 9.53 Å². The number of carbonyl (C=O) groups is 1. The van der Waals surface area contributed by atoms with Crippen molar-refractivity contribution in [3.8, 4) is 0 Å². The number of likely N-dealkylation sites (tertiary alicyclic amines) is 1. The van der Waals surface area contributed by atoms with E-state index in [0.29, 0.717) is 18.4 Å². The number of carbonyl (C=O) groups excluding carboxylic acids is 1. The van der Waals surface area contributed by atoms with E-state index < -0.39 is 0 Å². The lowest BCUT2D eigenvalue weighted by atomic mass is 9.77. The molecular weight excluding hydrogens is 264 g/mol. The average molecular weight is 291 g/mol. The van der Waals surface area contributed by atoms with E-state index in [4.69, 9.17) is 4.74 Å². The van der Waals surface area contributed by atoms with E-state index in [1.807, 2.05) is 0 Å². The molecule has 0 aromatic rings. The van der Waals surface area contributed by atoms with Crippen LogP contribution in [0.3, 0.4) is 0 Å². The third kappa shape index (κ3) is 3.83. The van der Waals surface area contributed by atoms with Crippen LogP contribution < -0.4 is 5.32 Å². The molecule has 1 N–H and O–H groups in total. The monoisotopic (exact) mass is 290 g/mol. The summed E-state index contributed by atoms with van der Waals surface area (Å²) in [6.07, 6.45) is 4.21. The predicted octanol–water partition coefficient (Wildman–Crippen LogP) is 1.68. The third-order valence-electron chi connectivity index (χ3n) is 4.38. The van der Waals surface area contributed by atoms with Crippen molar-refractivity contribution in [2.75, 3.05) is 39.9 Å². The number of amides is 1. The van der Waals surface area contributed by atoms with Gasteiger partial charge < -0.3 is 15.0 Å². The SMILES string of the molecule is COCC1(C(=O)N2CCCC(C)C2)CCNCC1.Cl. The van der Waals surface area contributed by atoms with Crippen LogP contribution in [0.4, 0.5) is 0 Å². The number of rotatable bonds is 3. The molecule has 2 heterocycles. The van der Waals surface area contributed by atoms with Gasteiger partial charge in [-0.3, -0.25) is 4.79 Å². The highest BCUT2D eigenvalue weighted by atomic mass is 35.5. The van der Waals surface area contributed by atoms with Gasteiger partial charge in [-0.2, -0.15) is 0 Å². The summed E-state index contributed by atoms with van der Waals surface area (Å²) in [6.45, 7) is 6.53. The predicted molar refractivity (Wildman–Crippen MR) is 78.6 cm³/mol. The highest BCUT2D eigenvalue weighted by Gasteiger charge is 2.42. The van der Waals surface area contributed by atoms with E-state index in [1.54, 1.807) is 7.11 Å². The lowest BCUT2D eigenvalue weighted by Crippen LogP contribution is -2.53. The number of nitrogens with zero attached hydrogens (tertiary/aromatic N) is 1. The molecule has 2 fully saturated rings. The Morgan fingerprint density at radius 1 is 1.42 bits per heavy atom. The first kappa shape index (κ1) is 16.7. The first-order valence-electron chi connectivity index (χ1n) is 7.17. The van der Waals surface area contributed by atoms with Gasteiger partial charge in [-0.15, -0.1) is 12.4 Å². The Balaban J connectivity index is 0.00000180. The van der Waals surface area contributed by atoms with Crippen molar-refractivity contribution in [2.45, 2.75) is 32.6 Å². The lowest BCUT2D eigenvalue weighted by Gasteiger charge is -2.42. The average Bonchev–Trinajstić information content (AvgIpc) is 2.39. The molecular formula is C14H27ClN2O2. The van der Waals surface area contributed by atoms with Crippen molar-refractivity contribution in [1.29, 1.82) is 0 Å². The van der Waals surface area contributed by atoms with Crippen LogP contribution in [0.2, 0.25) is 0 Å². The maximum atomic E-state index is 12.8. The minimum Gasteiger partial charge on any atom is -0.384 e. The number of hydrogen-bond donors (Lipinski definition) is 1. The minimum absolute atomic E-state index is 0. The molecule has 2 aliphatic rings. The van der Waals surface area contributed by atoms with Gasteiger partial charge in [0.1, 0.15) is 0 Å². The standard InChI is InChI=1S/C14H26N2O2.ClH/c1-12-4-3-9-16(10-12)13(17)14(11-18-2)5-7-15-8-6-14;/h12,15H,3-11H2,1-2H3;1H. The van der Waals surface area contributed by atoms with Gasteiger partial charge in [0.05, 0.1) is 12.0 Å². The summed E-state index contributed by atoms with van der Waals surface area (Å²) in [5.74, 6) is 0.974. The number of hydrogen-bond acceptors (Lipinski definition) is 3. The van der Waals surface area contributed by atoms with E-state index in [9.17, 15) is 4.79 Å². The molecule has 4 nitrogen and oxygen atoms in total. The highest BCUT2D eigenvalue weighted by Crippen LogP contribution is 2.33. The van der Waals surface area contributed by atoms with Crippen LogP contribution in [0.5, 0.6) is 0 Å².